The van der Waals surface area contributed by atoms with Crippen LogP contribution < -0.4 is 5.73 Å². The van der Waals surface area contributed by atoms with E-state index in [0.717, 1.165) is 5.56 Å². The van der Waals surface area contributed by atoms with E-state index in [1.54, 1.807) is 0 Å². The van der Waals surface area contributed by atoms with E-state index in [1.165, 1.54) is 11.1 Å². The van der Waals surface area contributed by atoms with Gasteiger partial charge in [-0.2, -0.15) is 0 Å². The summed E-state index contributed by atoms with van der Waals surface area (Å²) in [6.45, 7) is 10.8. The van der Waals surface area contributed by atoms with Gasteiger partial charge in [0.15, 0.2) is 0 Å². The fourth-order valence-corrected chi connectivity index (χ4v) is 2.14. The van der Waals surface area contributed by atoms with Crippen LogP contribution in [0, 0.1) is 6.92 Å². The van der Waals surface area contributed by atoms with E-state index in [4.69, 9.17) is 10.8 Å². The van der Waals surface area contributed by atoms with Crippen molar-refractivity contribution in [1.82, 2.24) is 0 Å². The number of aryl methyl sites for hydroxylation is 1. The van der Waals surface area contributed by atoms with Crippen LogP contribution in [0.25, 0.3) is 0 Å². The van der Waals surface area contributed by atoms with E-state index in [2.05, 4.69) is 45.9 Å². The van der Waals surface area contributed by atoms with Crippen LogP contribution in [0.4, 0.5) is 0 Å². The lowest BCUT2D eigenvalue weighted by atomic mass is 9.81. The van der Waals surface area contributed by atoms with Crippen molar-refractivity contribution in [2.45, 2.75) is 52.0 Å². The molecule has 1 aromatic carbocycles. The number of aliphatic hydroxyl groups excluding tert-OH is 1. The molecular formula is C15H25NO. The highest BCUT2D eigenvalue weighted by Crippen LogP contribution is 2.29. The van der Waals surface area contributed by atoms with Gasteiger partial charge in [-0.1, -0.05) is 39.0 Å². The van der Waals surface area contributed by atoms with E-state index in [-0.39, 0.29) is 12.0 Å². The summed E-state index contributed by atoms with van der Waals surface area (Å²) in [6, 6.07) is 6.45. The number of nitrogens with two attached hydrogens (primary N) is 1. The Labute approximate surface area is 105 Å². The molecule has 0 bridgehead atoms. The van der Waals surface area contributed by atoms with Crippen LogP contribution in [0.15, 0.2) is 18.2 Å². The zero-order valence-corrected chi connectivity index (χ0v) is 11.7. The minimum atomic E-state index is -0.449. The summed E-state index contributed by atoms with van der Waals surface area (Å²) >= 11 is 0. The molecule has 0 saturated carbocycles. The van der Waals surface area contributed by atoms with E-state index in [0.29, 0.717) is 6.42 Å². The van der Waals surface area contributed by atoms with Gasteiger partial charge in [-0.05, 0) is 42.4 Å². The molecule has 1 unspecified atom stereocenters. The summed E-state index contributed by atoms with van der Waals surface area (Å²) in [5, 5.41) is 9.06. The van der Waals surface area contributed by atoms with Crippen molar-refractivity contribution >= 4 is 0 Å². The lowest BCUT2D eigenvalue weighted by Gasteiger charge is -2.28. The first kappa shape index (κ1) is 14.2. The zero-order chi connectivity index (χ0) is 13.3. The minimum Gasteiger partial charge on any atom is -0.396 e. The number of benzene rings is 1. The smallest absolute Gasteiger partial charge is 0.0451 e. The normalized spacial score (nSPS) is 15.7. The van der Waals surface area contributed by atoms with Crippen LogP contribution in [-0.2, 0) is 11.0 Å². The minimum absolute atomic E-state index is 0.119. The molecule has 2 nitrogen and oxygen atoms in total. The van der Waals surface area contributed by atoms with Gasteiger partial charge in [-0.25, -0.2) is 0 Å². The van der Waals surface area contributed by atoms with Crippen molar-refractivity contribution in [1.29, 1.82) is 0 Å². The van der Waals surface area contributed by atoms with Crippen molar-refractivity contribution in [3.63, 3.8) is 0 Å². The predicted octanol–water partition coefficient (Wildman–Crippen LogP) is 2.85. The van der Waals surface area contributed by atoms with E-state index in [9.17, 15) is 0 Å². The average Bonchev–Trinajstić information content (AvgIpc) is 2.15. The second-order valence-corrected chi connectivity index (χ2v) is 6.17. The van der Waals surface area contributed by atoms with Crippen LogP contribution in [0.2, 0.25) is 0 Å². The molecule has 2 heteroatoms. The Morgan fingerprint density at radius 3 is 2.18 bits per heavy atom. The van der Waals surface area contributed by atoms with E-state index < -0.39 is 5.54 Å². The Kier molecular flexibility index (Phi) is 4.00. The molecule has 3 N–H and O–H groups in total. The summed E-state index contributed by atoms with van der Waals surface area (Å²) in [6.07, 6.45) is 0.586. The van der Waals surface area contributed by atoms with Gasteiger partial charge in [0.2, 0.25) is 0 Å². The summed E-state index contributed by atoms with van der Waals surface area (Å²) in [5.41, 5.74) is 9.60. The quantitative estimate of drug-likeness (QED) is 0.846. The molecule has 0 radical (unpaired) electrons. The summed E-state index contributed by atoms with van der Waals surface area (Å²) < 4.78 is 0. The molecule has 0 aliphatic rings. The highest BCUT2D eigenvalue weighted by molar-refractivity contribution is 5.38. The molecule has 1 atom stereocenters. The maximum Gasteiger partial charge on any atom is 0.0451 e. The molecule has 1 aromatic rings. The highest BCUT2D eigenvalue weighted by Gasteiger charge is 2.23. The molecule has 0 aromatic heterocycles. The molecule has 0 heterocycles. The predicted molar refractivity (Wildman–Crippen MR) is 73.1 cm³/mol. The van der Waals surface area contributed by atoms with Gasteiger partial charge < -0.3 is 10.8 Å². The van der Waals surface area contributed by atoms with Gasteiger partial charge in [0, 0.05) is 12.1 Å². The average molecular weight is 235 g/mol. The third-order valence-corrected chi connectivity index (χ3v) is 3.34. The summed E-state index contributed by atoms with van der Waals surface area (Å²) in [7, 11) is 0. The monoisotopic (exact) mass is 235 g/mol. The van der Waals surface area contributed by atoms with Crippen molar-refractivity contribution < 1.29 is 5.11 Å². The Bertz CT molecular complexity index is 388. The molecule has 0 aliphatic heterocycles. The topological polar surface area (TPSA) is 46.2 Å². The largest absolute Gasteiger partial charge is 0.396 e. The molecule has 17 heavy (non-hydrogen) atoms. The van der Waals surface area contributed by atoms with Gasteiger partial charge in [0.05, 0.1) is 0 Å². The Morgan fingerprint density at radius 2 is 1.76 bits per heavy atom. The SMILES string of the molecule is Cc1cc(C(C)(C)C)ccc1C(C)(N)CCO. The Hall–Kier alpha value is -0.860. The fourth-order valence-electron chi connectivity index (χ4n) is 2.14. The van der Waals surface area contributed by atoms with Crippen LogP contribution in [0.5, 0.6) is 0 Å². The molecule has 1 rings (SSSR count). The van der Waals surface area contributed by atoms with Crippen LogP contribution in [0.1, 0.15) is 50.8 Å². The number of rotatable bonds is 3. The van der Waals surface area contributed by atoms with Crippen molar-refractivity contribution in [3.8, 4) is 0 Å². The zero-order valence-electron chi connectivity index (χ0n) is 11.7. The van der Waals surface area contributed by atoms with Crippen LogP contribution >= 0.6 is 0 Å². The molecular weight excluding hydrogens is 210 g/mol. The maximum atomic E-state index is 9.06. The molecule has 0 aliphatic carbocycles. The molecule has 0 saturated heterocycles. The Balaban J connectivity index is 3.14. The standard InChI is InChI=1S/C15H25NO/c1-11-10-12(14(2,3)4)6-7-13(11)15(5,16)8-9-17/h6-7,10,17H,8-9,16H2,1-5H3. The molecule has 0 fully saturated rings. The fraction of sp³-hybridized carbons (Fsp3) is 0.600. The first-order valence-corrected chi connectivity index (χ1v) is 6.20. The van der Waals surface area contributed by atoms with Crippen molar-refractivity contribution in [3.05, 3.63) is 34.9 Å². The maximum absolute atomic E-state index is 9.06. The van der Waals surface area contributed by atoms with Gasteiger partial charge in [0.1, 0.15) is 0 Å². The van der Waals surface area contributed by atoms with Crippen molar-refractivity contribution in [2.75, 3.05) is 6.61 Å². The third kappa shape index (κ3) is 3.30. The van der Waals surface area contributed by atoms with E-state index >= 15 is 0 Å². The van der Waals surface area contributed by atoms with Gasteiger partial charge in [0.25, 0.3) is 0 Å². The summed E-state index contributed by atoms with van der Waals surface area (Å²) in [4.78, 5) is 0. The number of aliphatic hydroxyl groups is 1. The van der Waals surface area contributed by atoms with Crippen molar-refractivity contribution in [2.24, 2.45) is 5.73 Å². The second kappa shape index (κ2) is 4.79. The van der Waals surface area contributed by atoms with Gasteiger partial charge in [-0.15, -0.1) is 0 Å². The lowest BCUT2D eigenvalue weighted by Crippen LogP contribution is -2.35. The lowest BCUT2D eigenvalue weighted by molar-refractivity contribution is 0.247. The van der Waals surface area contributed by atoms with Gasteiger partial charge in [-0.3, -0.25) is 0 Å². The first-order valence-electron chi connectivity index (χ1n) is 6.20. The Morgan fingerprint density at radius 1 is 1.18 bits per heavy atom. The number of hydrogen-bond donors (Lipinski definition) is 2. The first-order chi connectivity index (χ1) is 7.68. The molecule has 96 valence electrons. The second-order valence-electron chi connectivity index (χ2n) is 6.17. The van der Waals surface area contributed by atoms with Crippen LogP contribution in [-0.4, -0.2) is 11.7 Å². The molecule has 0 spiro atoms. The summed E-state index contributed by atoms with van der Waals surface area (Å²) in [5.74, 6) is 0. The molecule has 0 amide bonds. The van der Waals surface area contributed by atoms with Gasteiger partial charge >= 0.3 is 0 Å². The highest BCUT2D eigenvalue weighted by atomic mass is 16.3. The third-order valence-electron chi connectivity index (χ3n) is 3.34. The number of hydrogen-bond acceptors (Lipinski definition) is 2. The van der Waals surface area contributed by atoms with Crippen LogP contribution in [0.3, 0.4) is 0 Å². The van der Waals surface area contributed by atoms with E-state index in [1.807, 2.05) is 6.92 Å².